The second-order valence-electron chi connectivity index (χ2n) is 10.8. The van der Waals surface area contributed by atoms with Gasteiger partial charge in [-0.15, -0.1) is 0 Å². The van der Waals surface area contributed by atoms with Gasteiger partial charge in [0, 0.05) is 24.8 Å². The molecule has 5 heterocycles. The number of benzene rings is 2. The van der Waals surface area contributed by atoms with E-state index in [4.69, 9.17) is 25.4 Å². The lowest BCUT2D eigenvalue weighted by Gasteiger charge is -2.45. The zero-order valence-corrected chi connectivity index (χ0v) is 23.5. The van der Waals surface area contributed by atoms with Crippen LogP contribution in [0.4, 0.5) is 0 Å². The van der Waals surface area contributed by atoms with Gasteiger partial charge in [0.05, 0.1) is 0 Å². The van der Waals surface area contributed by atoms with E-state index in [2.05, 4.69) is 80.6 Å². The zero-order valence-electron chi connectivity index (χ0n) is 23.5. The van der Waals surface area contributed by atoms with E-state index >= 15 is 0 Å². The molecule has 0 unspecified atom stereocenters. The quantitative estimate of drug-likeness (QED) is 0.270. The van der Waals surface area contributed by atoms with Gasteiger partial charge in [-0.05, 0) is 62.9 Å². The molecule has 0 aliphatic heterocycles. The molecule has 2 aromatic carbocycles. The van der Waals surface area contributed by atoms with Gasteiger partial charge >= 0.3 is 0 Å². The summed E-state index contributed by atoms with van der Waals surface area (Å²) in [5, 5.41) is 19.2. The number of aryl methyl sites for hydroxylation is 2. The summed E-state index contributed by atoms with van der Waals surface area (Å²) in [6, 6.07) is 31.0. The molecule has 9 nitrogen and oxygen atoms in total. The summed E-state index contributed by atoms with van der Waals surface area (Å²) in [6.45, 7) is 4.18. The van der Waals surface area contributed by atoms with Crippen LogP contribution >= 0.6 is 0 Å². The fourth-order valence-corrected chi connectivity index (χ4v) is 6.33. The molecule has 42 heavy (non-hydrogen) atoms. The minimum Gasteiger partial charge on any atom is -0.412 e. The summed E-state index contributed by atoms with van der Waals surface area (Å²) >= 11 is 0. The fraction of sp³-hybridized carbons (Fsp3) is 0.0645. The molecule has 0 aliphatic carbocycles. The molecule has 206 valence electrons. The molecule has 11 heteroatoms. The lowest BCUT2D eigenvalue weighted by Crippen LogP contribution is -2.75. The first kappa shape index (κ1) is 25.5. The molecule has 0 saturated heterocycles. The molecule has 0 amide bonds. The van der Waals surface area contributed by atoms with Crippen LogP contribution in [0, 0.1) is 13.8 Å². The van der Waals surface area contributed by atoms with E-state index in [1.54, 1.807) is 24.8 Å². The van der Waals surface area contributed by atoms with Crippen LogP contribution < -0.4 is 22.1 Å². The Hall–Kier alpha value is -5.44. The van der Waals surface area contributed by atoms with Crippen molar-refractivity contribution in [3.63, 3.8) is 0 Å². The molecule has 0 bridgehead atoms. The molecule has 0 radical (unpaired) electrons. The third kappa shape index (κ3) is 3.85. The van der Waals surface area contributed by atoms with Gasteiger partial charge in [0.15, 0.2) is 0 Å². The van der Waals surface area contributed by atoms with Crippen molar-refractivity contribution in [3.8, 4) is 0 Å². The van der Waals surface area contributed by atoms with Gasteiger partial charge in [-0.2, -0.15) is 10.9 Å². The van der Waals surface area contributed by atoms with Crippen LogP contribution in [0.25, 0.3) is 0 Å². The highest BCUT2D eigenvalue weighted by molar-refractivity contribution is 7.01. The molecule has 0 atom stereocenters. The highest BCUT2D eigenvalue weighted by Crippen LogP contribution is 2.14. The number of hydrogen-bond acceptors (Lipinski definition) is 5. The summed E-state index contributed by atoms with van der Waals surface area (Å²) in [6.07, 6.45) is 11.2. The molecule has 7 rings (SSSR count). The molecule has 0 N–H and O–H groups in total. The second-order valence-corrected chi connectivity index (χ2v) is 10.8. The van der Waals surface area contributed by atoms with Crippen LogP contribution in [0.2, 0.25) is 0 Å². The van der Waals surface area contributed by atoms with E-state index in [9.17, 15) is 0 Å². The van der Waals surface area contributed by atoms with E-state index in [1.807, 2.05) is 67.4 Å². The Morgan fingerprint density at radius 1 is 0.429 bits per heavy atom. The molecule has 0 aliphatic rings. The first-order chi connectivity index (χ1) is 20.6. The van der Waals surface area contributed by atoms with Crippen LogP contribution in [0.5, 0.6) is 0 Å². The van der Waals surface area contributed by atoms with Gasteiger partial charge in [0.2, 0.25) is 0 Å². The molecule has 0 spiro atoms. The van der Waals surface area contributed by atoms with Crippen molar-refractivity contribution >= 4 is 34.9 Å². The van der Waals surface area contributed by atoms with Gasteiger partial charge in [-0.1, -0.05) is 89.0 Å². The average Bonchev–Trinajstić information content (AvgIpc) is 3.85. The number of hydrogen-bond donors (Lipinski definition) is 0. The minimum absolute atomic E-state index is 0.807. The predicted octanol–water partition coefficient (Wildman–Crippen LogP) is 1.79. The summed E-state index contributed by atoms with van der Waals surface area (Å²) in [5.74, 6) is 0. The highest BCUT2D eigenvalue weighted by atomic mass is 15.4. The Morgan fingerprint density at radius 3 is 1.05 bits per heavy atom. The van der Waals surface area contributed by atoms with Crippen molar-refractivity contribution in [3.05, 3.63) is 152 Å². The van der Waals surface area contributed by atoms with Crippen molar-refractivity contribution in [1.29, 1.82) is 0 Å². The molecule has 5 aromatic heterocycles. The summed E-state index contributed by atoms with van der Waals surface area (Å²) in [7, 11) is 0. The van der Waals surface area contributed by atoms with Gasteiger partial charge in [-0.25, -0.2) is 20.4 Å². The number of aromatic nitrogens is 9. The number of rotatable bonds is 8. The zero-order chi connectivity index (χ0) is 28.6. The van der Waals surface area contributed by atoms with E-state index < -0.39 is 12.8 Å². The Bertz CT molecular complexity index is 1670. The molecular weight excluding hydrogens is 520 g/mol. The van der Waals surface area contributed by atoms with Crippen LogP contribution in [0.15, 0.2) is 141 Å². The van der Waals surface area contributed by atoms with E-state index in [1.165, 1.54) is 11.1 Å². The Kier molecular flexibility index (Phi) is 6.19. The summed E-state index contributed by atoms with van der Waals surface area (Å²) < 4.78 is 7.91. The van der Waals surface area contributed by atoms with Crippen molar-refractivity contribution in [2.45, 2.75) is 13.8 Å². The highest BCUT2D eigenvalue weighted by Gasteiger charge is 2.40. The average molecular weight is 549 g/mol. The van der Waals surface area contributed by atoms with Crippen molar-refractivity contribution in [1.82, 2.24) is 43.7 Å². The SMILES string of the molecule is Cc1ccc([B-](c2cccc([B-](c3ccc(C)cc3)(n3cccn3)n3cccn3)n2)(n2cccn2)n2cccn2)cc1. The van der Waals surface area contributed by atoms with E-state index in [0.717, 1.165) is 22.1 Å². The number of pyridine rings is 1. The topological polar surface area (TPSA) is 84.2 Å². The van der Waals surface area contributed by atoms with Crippen LogP contribution in [-0.4, -0.2) is 56.6 Å². The first-order valence-corrected chi connectivity index (χ1v) is 14.1. The third-order valence-corrected chi connectivity index (χ3v) is 8.33. The Morgan fingerprint density at radius 2 is 0.762 bits per heavy atom. The van der Waals surface area contributed by atoms with Crippen molar-refractivity contribution < 1.29 is 0 Å². The standard InChI is InChI=1S/C31H29B2N9/c1-26-10-14-28(15-11-26)32(39-22-4-18-34-39,40-23-5-19-35-40)30-8-3-9-31(38-30)33(41-24-6-20-36-41,42-25-7-21-37-42)29-16-12-27(2)13-17-29/h3-25H,1-2H3/q-2. The maximum atomic E-state index is 5.55. The van der Waals surface area contributed by atoms with Gasteiger partial charge in [0.1, 0.15) is 0 Å². The largest absolute Gasteiger partial charge is 0.412 e. The second kappa shape index (κ2) is 10.2. The maximum Gasteiger partial charge on any atom is 0.295 e. The van der Waals surface area contributed by atoms with Gasteiger partial charge < -0.3 is 23.4 Å². The monoisotopic (exact) mass is 549 g/mol. The maximum absolute atomic E-state index is 5.55. The Labute approximate surface area is 244 Å². The van der Waals surface area contributed by atoms with E-state index in [-0.39, 0.29) is 0 Å². The lowest BCUT2D eigenvalue weighted by molar-refractivity contribution is 0.833. The first-order valence-electron chi connectivity index (χ1n) is 14.1. The molecular formula is C31H29B2N9-2. The number of nitrogens with zero attached hydrogens (tertiary/aromatic N) is 9. The minimum atomic E-state index is -1.98. The van der Waals surface area contributed by atoms with Gasteiger partial charge in [0.25, 0.3) is 12.8 Å². The van der Waals surface area contributed by atoms with Crippen molar-refractivity contribution in [2.75, 3.05) is 0 Å². The van der Waals surface area contributed by atoms with Crippen LogP contribution in [0.3, 0.4) is 0 Å². The lowest BCUT2D eigenvalue weighted by atomic mass is 9.37. The predicted molar refractivity (Wildman–Crippen MR) is 167 cm³/mol. The molecule has 0 saturated carbocycles. The van der Waals surface area contributed by atoms with E-state index in [0.29, 0.717) is 0 Å². The summed E-state index contributed by atoms with van der Waals surface area (Å²) in [4.78, 5) is 5.55. The normalized spacial score (nSPS) is 12.0. The van der Waals surface area contributed by atoms with Crippen LogP contribution in [-0.2, 0) is 0 Å². The fourth-order valence-electron chi connectivity index (χ4n) is 6.33. The smallest absolute Gasteiger partial charge is 0.295 e. The van der Waals surface area contributed by atoms with Crippen LogP contribution in [0.1, 0.15) is 11.1 Å². The third-order valence-electron chi connectivity index (χ3n) is 8.33. The Balaban J connectivity index is 1.58. The van der Waals surface area contributed by atoms with Gasteiger partial charge in [-0.3, -0.25) is 0 Å². The molecule has 0 fully saturated rings. The molecule has 7 aromatic rings. The van der Waals surface area contributed by atoms with Crippen molar-refractivity contribution in [2.24, 2.45) is 0 Å². The summed E-state index contributed by atoms with van der Waals surface area (Å²) in [5.41, 5.74) is 6.02.